The van der Waals surface area contributed by atoms with Crippen molar-refractivity contribution in [2.24, 2.45) is 0 Å². The lowest BCUT2D eigenvalue weighted by molar-refractivity contribution is -0.138. The van der Waals surface area contributed by atoms with Gasteiger partial charge in [-0.15, -0.1) is 0 Å². The molecular weight excluding hydrogens is 299 g/mol. The molecule has 0 saturated carbocycles. The SMILES string of the molecule is CNC(C)(C)C(=O)N(C=O)c1ccc(C#N)c(C(F)(F)F)c1. The van der Waals surface area contributed by atoms with Crippen LogP contribution in [-0.4, -0.2) is 24.9 Å². The topological polar surface area (TPSA) is 73.2 Å². The van der Waals surface area contributed by atoms with Gasteiger partial charge >= 0.3 is 6.18 Å². The number of nitrogens with zero attached hydrogens (tertiary/aromatic N) is 2. The number of benzene rings is 1. The van der Waals surface area contributed by atoms with Gasteiger partial charge in [0.25, 0.3) is 5.91 Å². The van der Waals surface area contributed by atoms with Gasteiger partial charge in [-0.2, -0.15) is 18.4 Å². The van der Waals surface area contributed by atoms with Crippen LogP contribution in [0.2, 0.25) is 0 Å². The summed E-state index contributed by atoms with van der Waals surface area (Å²) in [7, 11) is 1.49. The van der Waals surface area contributed by atoms with E-state index in [1.165, 1.54) is 27.0 Å². The number of carbonyl (C=O) groups excluding carboxylic acids is 2. The maximum Gasteiger partial charge on any atom is 0.417 e. The minimum absolute atomic E-state index is 0.142. The van der Waals surface area contributed by atoms with Gasteiger partial charge in [-0.25, -0.2) is 0 Å². The van der Waals surface area contributed by atoms with Crippen molar-refractivity contribution in [1.82, 2.24) is 5.32 Å². The number of carbonyl (C=O) groups is 2. The van der Waals surface area contributed by atoms with Crippen LogP contribution < -0.4 is 10.2 Å². The Kier molecular flexibility index (Phi) is 4.94. The van der Waals surface area contributed by atoms with Crippen molar-refractivity contribution in [3.05, 3.63) is 29.3 Å². The van der Waals surface area contributed by atoms with Gasteiger partial charge in [0, 0.05) is 0 Å². The predicted octanol–water partition coefficient (Wildman–Crippen LogP) is 2.06. The highest BCUT2D eigenvalue weighted by Crippen LogP contribution is 2.34. The lowest BCUT2D eigenvalue weighted by Gasteiger charge is -2.28. The van der Waals surface area contributed by atoms with E-state index in [4.69, 9.17) is 5.26 Å². The fraction of sp³-hybridized carbons (Fsp3) is 0.357. The first kappa shape index (κ1) is 17.7. The molecule has 1 N–H and O–H groups in total. The van der Waals surface area contributed by atoms with E-state index in [-0.39, 0.29) is 12.1 Å². The van der Waals surface area contributed by atoms with Gasteiger partial charge in [-0.1, -0.05) is 0 Å². The van der Waals surface area contributed by atoms with E-state index in [0.717, 1.165) is 12.1 Å². The normalized spacial score (nSPS) is 11.7. The number of nitriles is 1. The van der Waals surface area contributed by atoms with E-state index in [1.54, 1.807) is 0 Å². The predicted molar refractivity (Wildman–Crippen MR) is 72.8 cm³/mol. The third kappa shape index (κ3) is 3.43. The number of anilines is 1. The molecule has 1 aromatic carbocycles. The Balaban J connectivity index is 3.40. The fourth-order valence-corrected chi connectivity index (χ4v) is 1.65. The lowest BCUT2D eigenvalue weighted by atomic mass is 10.0. The monoisotopic (exact) mass is 313 g/mol. The molecule has 0 radical (unpaired) electrons. The average molecular weight is 313 g/mol. The largest absolute Gasteiger partial charge is 0.417 e. The van der Waals surface area contributed by atoms with Gasteiger partial charge in [0.15, 0.2) is 0 Å². The number of alkyl halides is 3. The highest BCUT2D eigenvalue weighted by Gasteiger charge is 2.36. The minimum atomic E-state index is -4.77. The summed E-state index contributed by atoms with van der Waals surface area (Å²) < 4.78 is 38.8. The third-order valence-corrected chi connectivity index (χ3v) is 3.19. The van der Waals surface area contributed by atoms with Crippen molar-refractivity contribution < 1.29 is 22.8 Å². The van der Waals surface area contributed by atoms with Crippen molar-refractivity contribution in [2.45, 2.75) is 25.6 Å². The second-order valence-corrected chi connectivity index (χ2v) is 5.00. The maximum absolute atomic E-state index is 12.9. The number of likely N-dealkylation sites (N-methyl/N-ethyl adjacent to an activating group) is 1. The summed E-state index contributed by atoms with van der Waals surface area (Å²) in [5.41, 5.74) is -3.18. The summed E-state index contributed by atoms with van der Waals surface area (Å²) in [6, 6.07) is 4.08. The van der Waals surface area contributed by atoms with Crippen molar-refractivity contribution in [2.75, 3.05) is 11.9 Å². The molecule has 0 heterocycles. The number of rotatable bonds is 4. The molecule has 2 amide bonds. The van der Waals surface area contributed by atoms with Gasteiger partial charge < -0.3 is 5.32 Å². The molecule has 0 aliphatic heterocycles. The molecule has 0 spiro atoms. The summed E-state index contributed by atoms with van der Waals surface area (Å²) in [6.07, 6.45) is -4.62. The van der Waals surface area contributed by atoms with Crippen LogP contribution in [0.3, 0.4) is 0 Å². The Morgan fingerprint density at radius 3 is 2.36 bits per heavy atom. The number of nitrogens with one attached hydrogen (secondary N) is 1. The average Bonchev–Trinajstić information content (AvgIpc) is 2.46. The first-order valence-corrected chi connectivity index (χ1v) is 6.17. The minimum Gasteiger partial charge on any atom is -0.307 e. The van der Waals surface area contributed by atoms with Gasteiger partial charge in [0.2, 0.25) is 6.41 Å². The molecule has 0 aliphatic carbocycles. The van der Waals surface area contributed by atoms with Crippen LogP contribution in [0, 0.1) is 11.3 Å². The zero-order valence-corrected chi connectivity index (χ0v) is 12.2. The molecule has 0 aliphatic rings. The van der Waals surface area contributed by atoms with Crippen LogP contribution in [0.5, 0.6) is 0 Å². The molecule has 22 heavy (non-hydrogen) atoms. The fourth-order valence-electron chi connectivity index (χ4n) is 1.65. The molecule has 0 unspecified atom stereocenters. The summed E-state index contributed by atoms with van der Waals surface area (Å²) in [4.78, 5) is 24.0. The van der Waals surface area contributed by atoms with Gasteiger partial charge in [0.1, 0.15) is 0 Å². The Hall–Kier alpha value is -2.40. The standard InChI is InChI=1S/C14H14F3N3O2/c1-13(2,19-3)12(22)20(8-21)10-5-4-9(7-18)11(6-10)14(15,16)17/h4-6,8,19H,1-3H3. The second kappa shape index (κ2) is 6.15. The van der Waals surface area contributed by atoms with Crippen LogP contribution in [0.25, 0.3) is 0 Å². The number of hydrogen-bond donors (Lipinski definition) is 1. The Bertz CT molecular complexity index is 633. The summed E-state index contributed by atoms with van der Waals surface area (Å²) in [5, 5.41) is 11.4. The van der Waals surface area contributed by atoms with E-state index in [2.05, 4.69) is 5.32 Å². The maximum atomic E-state index is 12.9. The van der Waals surface area contributed by atoms with Crippen LogP contribution in [0.15, 0.2) is 18.2 Å². The summed E-state index contributed by atoms with van der Waals surface area (Å²) in [6.45, 7) is 2.97. The molecule has 1 rings (SSSR count). The van der Waals surface area contributed by atoms with Crippen molar-refractivity contribution in [3.63, 3.8) is 0 Å². The second-order valence-electron chi connectivity index (χ2n) is 5.00. The van der Waals surface area contributed by atoms with Crippen molar-refractivity contribution >= 4 is 18.0 Å². The molecule has 0 aromatic heterocycles. The quantitative estimate of drug-likeness (QED) is 0.864. The van der Waals surface area contributed by atoms with Crippen LogP contribution >= 0.6 is 0 Å². The number of halogens is 3. The Labute approximate surface area is 125 Å². The highest BCUT2D eigenvalue weighted by molar-refractivity contribution is 6.11. The highest BCUT2D eigenvalue weighted by atomic mass is 19.4. The van der Waals surface area contributed by atoms with Gasteiger partial charge in [0.05, 0.1) is 28.4 Å². The van der Waals surface area contributed by atoms with E-state index in [9.17, 15) is 22.8 Å². The molecule has 0 saturated heterocycles. The lowest BCUT2D eigenvalue weighted by Crippen LogP contribution is -2.52. The number of amides is 2. The summed E-state index contributed by atoms with van der Waals surface area (Å²) in [5.74, 6) is -0.720. The van der Waals surface area contributed by atoms with E-state index < -0.39 is 28.7 Å². The van der Waals surface area contributed by atoms with Gasteiger partial charge in [-0.3, -0.25) is 14.5 Å². The molecule has 1 aromatic rings. The van der Waals surface area contributed by atoms with Crippen molar-refractivity contribution in [1.29, 1.82) is 5.26 Å². The molecule has 5 nitrogen and oxygen atoms in total. The zero-order valence-electron chi connectivity index (χ0n) is 12.2. The van der Waals surface area contributed by atoms with Crippen molar-refractivity contribution in [3.8, 4) is 6.07 Å². The van der Waals surface area contributed by atoms with Gasteiger partial charge in [-0.05, 0) is 39.1 Å². The molecule has 0 fully saturated rings. The smallest absolute Gasteiger partial charge is 0.307 e. The molecule has 118 valence electrons. The Morgan fingerprint density at radius 2 is 1.95 bits per heavy atom. The van der Waals surface area contributed by atoms with E-state index in [1.807, 2.05) is 0 Å². The van der Waals surface area contributed by atoms with Crippen LogP contribution in [0.4, 0.5) is 18.9 Å². The Morgan fingerprint density at radius 1 is 1.36 bits per heavy atom. The number of hydrogen-bond acceptors (Lipinski definition) is 4. The third-order valence-electron chi connectivity index (χ3n) is 3.19. The van der Waals surface area contributed by atoms with Crippen LogP contribution in [0.1, 0.15) is 25.0 Å². The van der Waals surface area contributed by atoms with E-state index >= 15 is 0 Å². The summed E-state index contributed by atoms with van der Waals surface area (Å²) >= 11 is 0. The first-order chi connectivity index (χ1) is 10.1. The molecule has 0 bridgehead atoms. The molecule has 0 atom stereocenters. The molecule has 8 heteroatoms. The first-order valence-electron chi connectivity index (χ1n) is 6.17. The van der Waals surface area contributed by atoms with Crippen LogP contribution in [-0.2, 0) is 15.8 Å². The van der Waals surface area contributed by atoms with E-state index in [0.29, 0.717) is 11.0 Å². The molecular formula is C14H14F3N3O2. The zero-order chi connectivity index (χ0) is 17.1. The number of imide groups is 1.